The number of nitrogens with zero attached hydrogens (tertiary/aromatic N) is 1. The topological polar surface area (TPSA) is 40.2 Å². The van der Waals surface area contributed by atoms with Gasteiger partial charge in [-0.1, -0.05) is 28.1 Å². The Labute approximate surface area is 181 Å². The van der Waals surface area contributed by atoms with Crippen LogP contribution in [0, 0.1) is 0 Å². The van der Waals surface area contributed by atoms with Crippen LogP contribution in [0.5, 0.6) is 5.75 Å². The van der Waals surface area contributed by atoms with E-state index in [1.165, 1.54) is 0 Å². The molecule has 0 atom stereocenters. The van der Waals surface area contributed by atoms with E-state index in [1.54, 1.807) is 28.4 Å². The van der Waals surface area contributed by atoms with Gasteiger partial charge in [0.05, 0.1) is 7.11 Å². The molecular weight excluding hydrogens is 450 g/mol. The molecule has 5 nitrogen and oxygen atoms in total. The Morgan fingerprint density at radius 3 is 1.45 bits per heavy atom. The number of hydrogen-bond donors (Lipinski definition) is 0. The summed E-state index contributed by atoms with van der Waals surface area (Å²) in [5.41, 5.74) is 3.07. The molecule has 0 amide bonds. The molecule has 0 saturated carbocycles. The van der Waals surface area contributed by atoms with Crippen molar-refractivity contribution in [2.24, 2.45) is 0 Å². The van der Waals surface area contributed by atoms with Crippen molar-refractivity contribution in [1.29, 1.82) is 0 Å². The average Bonchev–Trinajstić information content (AvgIpc) is 2.78. The Hall–Kier alpha value is -2.16. The van der Waals surface area contributed by atoms with Gasteiger partial charge in [-0.25, -0.2) is 0 Å². The number of methoxy groups -OCH3 is 1. The number of anilines is 3. The minimum atomic E-state index is -2.87. The summed E-state index contributed by atoms with van der Waals surface area (Å²) in [6.45, 7) is 0. The summed E-state index contributed by atoms with van der Waals surface area (Å²) >= 11 is 3.51. The Kier molecular flexibility index (Phi) is 7.10. The van der Waals surface area contributed by atoms with Crippen molar-refractivity contribution in [3.63, 3.8) is 0 Å². The molecule has 0 unspecified atom stereocenters. The maximum Gasteiger partial charge on any atom is 0.536 e. The van der Waals surface area contributed by atoms with Crippen molar-refractivity contribution in [2.45, 2.75) is 0 Å². The van der Waals surface area contributed by atoms with Gasteiger partial charge in [0.15, 0.2) is 0 Å². The number of rotatable bonds is 8. The van der Waals surface area contributed by atoms with E-state index < -0.39 is 8.80 Å². The molecule has 7 heteroatoms. The van der Waals surface area contributed by atoms with Gasteiger partial charge in [-0.3, -0.25) is 0 Å². The zero-order valence-corrected chi connectivity index (χ0v) is 19.5. The van der Waals surface area contributed by atoms with Crippen LogP contribution in [0.3, 0.4) is 0 Å². The zero-order chi connectivity index (χ0) is 20.9. The van der Waals surface area contributed by atoms with Crippen molar-refractivity contribution >= 4 is 47.0 Å². The standard InChI is InChI=1S/C22H24BrNO4Si/c1-25-21-13-9-19(10-14-21)24(18-7-5-17(23)6-8-18)20-11-15-22(16-12-20)29(26-2,27-3)28-4/h5-16H,1-4H3. The maximum atomic E-state index is 5.59. The predicted molar refractivity (Wildman–Crippen MR) is 122 cm³/mol. The van der Waals surface area contributed by atoms with Crippen molar-refractivity contribution in [3.8, 4) is 5.75 Å². The fraction of sp³-hybridized carbons (Fsp3) is 0.182. The molecule has 0 aromatic heterocycles. The molecule has 3 aromatic rings. The normalized spacial score (nSPS) is 11.3. The van der Waals surface area contributed by atoms with Crippen molar-refractivity contribution in [1.82, 2.24) is 0 Å². The highest BCUT2D eigenvalue weighted by atomic mass is 79.9. The van der Waals surface area contributed by atoms with Crippen molar-refractivity contribution in [3.05, 3.63) is 77.3 Å². The van der Waals surface area contributed by atoms with Gasteiger partial charge < -0.3 is 22.9 Å². The Morgan fingerprint density at radius 1 is 0.621 bits per heavy atom. The van der Waals surface area contributed by atoms with Gasteiger partial charge in [-0.2, -0.15) is 0 Å². The molecule has 0 bridgehead atoms. The number of ether oxygens (including phenoxy) is 1. The lowest BCUT2D eigenvalue weighted by Crippen LogP contribution is -2.54. The van der Waals surface area contributed by atoms with E-state index in [2.05, 4.69) is 33.0 Å². The monoisotopic (exact) mass is 473 g/mol. The number of benzene rings is 3. The molecule has 29 heavy (non-hydrogen) atoms. The first-order chi connectivity index (χ1) is 14.1. The van der Waals surface area contributed by atoms with E-state index >= 15 is 0 Å². The fourth-order valence-corrected chi connectivity index (χ4v) is 5.23. The maximum absolute atomic E-state index is 5.59. The SMILES string of the molecule is COc1ccc(N(c2ccc(Br)cc2)c2ccc([Si](OC)(OC)OC)cc2)cc1. The number of hydrogen-bond acceptors (Lipinski definition) is 5. The molecule has 3 rings (SSSR count). The van der Waals surface area contributed by atoms with Crippen LogP contribution in [0.15, 0.2) is 77.3 Å². The predicted octanol–water partition coefficient (Wildman–Crippen LogP) is 5.01. The van der Waals surface area contributed by atoms with Crippen molar-refractivity contribution < 1.29 is 18.0 Å². The lowest BCUT2D eigenvalue weighted by Gasteiger charge is -2.28. The van der Waals surface area contributed by atoms with Crippen LogP contribution < -0.4 is 14.8 Å². The third-order valence-electron chi connectivity index (χ3n) is 4.70. The minimum absolute atomic E-state index is 0.816. The van der Waals surface area contributed by atoms with E-state index in [0.29, 0.717) is 0 Å². The molecule has 0 saturated heterocycles. The van der Waals surface area contributed by atoms with E-state index in [9.17, 15) is 0 Å². The fourth-order valence-electron chi connectivity index (χ4n) is 3.19. The van der Waals surface area contributed by atoms with E-state index in [1.807, 2.05) is 60.7 Å². The van der Waals surface area contributed by atoms with Gasteiger partial charge in [0, 0.05) is 48.1 Å². The highest BCUT2D eigenvalue weighted by molar-refractivity contribution is 9.10. The molecule has 0 N–H and O–H groups in total. The van der Waals surface area contributed by atoms with E-state index in [0.717, 1.165) is 32.5 Å². The van der Waals surface area contributed by atoms with Crippen LogP contribution in [0.25, 0.3) is 0 Å². The third kappa shape index (κ3) is 4.54. The summed E-state index contributed by atoms with van der Waals surface area (Å²) in [5, 5.41) is 0.902. The minimum Gasteiger partial charge on any atom is -0.497 e. The Morgan fingerprint density at radius 2 is 1.03 bits per heavy atom. The summed E-state index contributed by atoms with van der Waals surface area (Å²) in [6.07, 6.45) is 0. The summed E-state index contributed by atoms with van der Waals surface area (Å²) in [6, 6.07) is 24.2. The van der Waals surface area contributed by atoms with Crippen molar-refractivity contribution in [2.75, 3.05) is 33.3 Å². The van der Waals surface area contributed by atoms with Crippen LogP contribution in [-0.2, 0) is 13.3 Å². The molecule has 0 fully saturated rings. The van der Waals surface area contributed by atoms with Gasteiger partial charge in [0.2, 0.25) is 0 Å². The van der Waals surface area contributed by atoms with Gasteiger partial charge in [-0.05, 0) is 60.7 Å². The second-order valence-electron chi connectivity index (χ2n) is 6.23. The largest absolute Gasteiger partial charge is 0.536 e. The van der Waals surface area contributed by atoms with Gasteiger partial charge in [-0.15, -0.1) is 0 Å². The Bertz CT molecular complexity index is 905. The second kappa shape index (κ2) is 9.56. The smallest absolute Gasteiger partial charge is 0.497 e. The summed E-state index contributed by atoms with van der Waals surface area (Å²) < 4.78 is 23.1. The van der Waals surface area contributed by atoms with E-state index in [4.69, 9.17) is 18.0 Å². The van der Waals surface area contributed by atoms with Crippen LogP contribution in [0.2, 0.25) is 0 Å². The quantitative estimate of drug-likeness (QED) is 0.429. The molecule has 0 radical (unpaired) electrons. The first kappa shape index (κ1) is 21.5. The van der Waals surface area contributed by atoms with Crippen LogP contribution >= 0.6 is 15.9 Å². The van der Waals surface area contributed by atoms with Crippen LogP contribution in [0.1, 0.15) is 0 Å². The van der Waals surface area contributed by atoms with Crippen LogP contribution in [0.4, 0.5) is 17.1 Å². The van der Waals surface area contributed by atoms with Gasteiger partial charge in [0.25, 0.3) is 0 Å². The van der Waals surface area contributed by atoms with Gasteiger partial charge >= 0.3 is 8.80 Å². The molecular formula is C22H24BrNO4Si. The highest BCUT2D eigenvalue weighted by Gasteiger charge is 2.40. The zero-order valence-electron chi connectivity index (χ0n) is 16.9. The van der Waals surface area contributed by atoms with E-state index in [-0.39, 0.29) is 0 Å². The third-order valence-corrected chi connectivity index (χ3v) is 7.88. The average molecular weight is 474 g/mol. The first-order valence-electron chi connectivity index (χ1n) is 9.02. The number of halogens is 1. The Balaban J connectivity index is 2.05. The molecule has 0 spiro atoms. The van der Waals surface area contributed by atoms with Crippen LogP contribution in [-0.4, -0.2) is 37.2 Å². The second-order valence-corrected chi connectivity index (χ2v) is 10.1. The summed E-state index contributed by atoms with van der Waals surface area (Å²) in [4.78, 5) is 2.17. The lowest BCUT2D eigenvalue weighted by molar-refractivity contribution is 0.140. The molecule has 152 valence electrons. The first-order valence-corrected chi connectivity index (χ1v) is 11.5. The molecule has 0 aliphatic carbocycles. The molecule has 3 aromatic carbocycles. The molecule has 0 aliphatic heterocycles. The molecule has 0 heterocycles. The molecule has 0 aliphatic rings. The summed E-state index contributed by atoms with van der Waals surface area (Å²) in [5.74, 6) is 0.816. The summed E-state index contributed by atoms with van der Waals surface area (Å²) in [7, 11) is 3.62. The highest BCUT2D eigenvalue weighted by Crippen LogP contribution is 2.35. The lowest BCUT2D eigenvalue weighted by atomic mass is 10.2. The van der Waals surface area contributed by atoms with Gasteiger partial charge in [0.1, 0.15) is 5.75 Å².